The van der Waals surface area contributed by atoms with Gasteiger partial charge in [0.1, 0.15) is 12.4 Å². The Labute approximate surface area is 159 Å². The highest BCUT2D eigenvalue weighted by atomic mass is 19.1. The number of benzene rings is 1. The molecular formula is C20H28FN3O3. The third-order valence-corrected chi connectivity index (χ3v) is 5.41. The van der Waals surface area contributed by atoms with Crippen LogP contribution in [0.5, 0.6) is 0 Å². The van der Waals surface area contributed by atoms with Crippen molar-refractivity contribution in [1.82, 2.24) is 9.80 Å². The summed E-state index contributed by atoms with van der Waals surface area (Å²) in [6, 6.07) is 5.96. The number of anilines is 1. The Hall–Kier alpha value is -1.99. The minimum atomic E-state index is -0.428. The van der Waals surface area contributed by atoms with Crippen molar-refractivity contribution in [2.75, 3.05) is 51.8 Å². The van der Waals surface area contributed by atoms with Crippen molar-refractivity contribution in [2.24, 2.45) is 0 Å². The van der Waals surface area contributed by atoms with Crippen LogP contribution in [0, 0.1) is 5.82 Å². The molecule has 0 saturated carbocycles. The second-order valence-corrected chi connectivity index (χ2v) is 7.72. The summed E-state index contributed by atoms with van der Waals surface area (Å²) >= 11 is 0. The maximum atomic E-state index is 13.2. The Balaban J connectivity index is 1.57. The van der Waals surface area contributed by atoms with Gasteiger partial charge in [0.2, 0.25) is 5.91 Å². The number of carbonyl (C=O) groups is 2. The summed E-state index contributed by atoms with van der Waals surface area (Å²) in [4.78, 5) is 30.3. The number of nitrogens with zero attached hydrogens (tertiary/aromatic N) is 3. The Bertz CT molecular complexity index is 670. The predicted octanol–water partition coefficient (Wildman–Crippen LogP) is 1.89. The number of carbonyl (C=O) groups excluding carboxylic acids is 2. The van der Waals surface area contributed by atoms with Crippen molar-refractivity contribution >= 4 is 17.5 Å². The van der Waals surface area contributed by atoms with E-state index in [1.165, 1.54) is 12.1 Å². The summed E-state index contributed by atoms with van der Waals surface area (Å²) in [7, 11) is 4.01. The molecule has 0 bridgehead atoms. The molecule has 7 heteroatoms. The van der Waals surface area contributed by atoms with Crippen LogP contribution in [0.2, 0.25) is 0 Å². The van der Waals surface area contributed by atoms with Gasteiger partial charge in [-0.15, -0.1) is 0 Å². The van der Waals surface area contributed by atoms with Gasteiger partial charge >= 0.3 is 0 Å². The number of rotatable bonds is 5. The normalized spacial score (nSPS) is 19.8. The topological polar surface area (TPSA) is 53.1 Å². The number of morpholine rings is 1. The largest absolute Gasteiger partial charge is 0.363 e. The van der Waals surface area contributed by atoms with Crippen molar-refractivity contribution in [3.63, 3.8) is 0 Å². The lowest BCUT2D eigenvalue weighted by Crippen LogP contribution is -2.59. The molecule has 0 atom stereocenters. The minimum Gasteiger partial charge on any atom is -0.363 e. The molecule has 2 saturated heterocycles. The summed E-state index contributed by atoms with van der Waals surface area (Å²) in [6.45, 7) is 2.66. The van der Waals surface area contributed by atoms with Crippen LogP contribution < -0.4 is 4.90 Å². The highest BCUT2D eigenvalue weighted by Gasteiger charge is 2.43. The van der Waals surface area contributed by atoms with E-state index in [1.807, 2.05) is 19.0 Å². The summed E-state index contributed by atoms with van der Waals surface area (Å²) in [6.07, 6.45) is 2.83. The van der Waals surface area contributed by atoms with Crippen LogP contribution in [-0.4, -0.2) is 74.1 Å². The molecule has 1 spiro atoms. The van der Waals surface area contributed by atoms with E-state index >= 15 is 0 Å². The smallest absolute Gasteiger partial charge is 0.253 e. The molecule has 0 unspecified atom stereocenters. The monoisotopic (exact) mass is 377 g/mol. The molecule has 0 N–H and O–H groups in total. The third kappa shape index (κ3) is 4.84. The average Bonchev–Trinajstić information content (AvgIpc) is 2.65. The lowest BCUT2D eigenvalue weighted by atomic mass is 9.88. The molecule has 1 aromatic rings. The first kappa shape index (κ1) is 19.8. The molecule has 3 rings (SSSR count). The minimum absolute atomic E-state index is 0.0220. The third-order valence-electron chi connectivity index (χ3n) is 5.41. The molecule has 2 amide bonds. The number of hydrogen-bond acceptors (Lipinski definition) is 4. The zero-order chi connectivity index (χ0) is 19.4. The summed E-state index contributed by atoms with van der Waals surface area (Å²) in [5.41, 5.74) is 0.258. The molecule has 2 heterocycles. The van der Waals surface area contributed by atoms with Gasteiger partial charge in [0, 0.05) is 25.2 Å². The SMILES string of the molecule is CN(C)CCCC(=O)N1CCC2(CC1)CN(c1ccc(F)cc1)C(=O)CO2. The maximum Gasteiger partial charge on any atom is 0.253 e. The highest BCUT2D eigenvalue weighted by molar-refractivity contribution is 5.95. The van der Waals surface area contributed by atoms with Gasteiger partial charge in [-0.2, -0.15) is 0 Å². The van der Waals surface area contributed by atoms with E-state index in [2.05, 4.69) is 4.90 Å². The van der Waals surface area contributed by atoms with Crippen LogP contribution in [0.25, 0.3) is 0 Å². The van der Waals surface area contributed by atoms with Gasteiger partial charge in [-0.05, 0) is 64.2 Å². The quantitative estimate of drug-likeness (QED) is 0.786. The van der Waals surface area contributed by atoms with Gasteiger partial charge in [0.15, 0.2) is 0 Å². The van der Waals surface area contributed by atoms with Crippen molar-refractivity contribution in [2.45, 2.75) is 31.3 Å². The summed E-state index contributed by atoms with van der Waals surface area (Å²) < 4.78 is 19.1. The molecule has 1 aromatic carbocycles. The number of hydrogen-bond donors (Lipinski definition) is 0. The van der Waals surface area contributed by atoms with Gasteiger partial charge in [-0.25, -0.2) is 4.39 Å². The van der Waals surface area contributed by atoms with E-state index < -0.39 is 5.60 Å². The number of likely N-dealkylation sites (tertiary alicyclic amines) is 1. The first-order chi connectivity index (χ1) is 12.9. The first-order valence-electron chi connectivity index (χ1n) is 9.51. The van der Waals surface area contributed by atoms with E-state index in [0.717, 1.165) is 13.0 Å². The maximum absolute atomic E-state index is 13.2. The van der Waals surface area contributed by atoms with Crippen LogP contribution in [0.3, 0.4) is 0 Å². The molecule has 2 aliphatic rings. The molecule has 6 nitrogen and oxygen atoms in total. The van der Waals surface area contributed by atoms with Crippen LogP contribution in [0.15, 0.2) is 24.3 Å². The predicted molar refractivity (Wildman–Crippen MR) is 101 cm³/mol. The number of ether oxygens (including phenoxy) is 1. The Morgan fingerprint density at radius 3 is 2.52 bits per heavy atom. The first-order valence-corrected chi connectivity index (χ1v) is 9.51. The molecule has 148 valence electrons. The number of halogens is 1. The number of amides is 2. The zero-order valence-electron chi connectivity index (χ0n) is 16.1. The molecule has 2 fully saturated rings. The van der Waals surface area contributed by atoms with Crippen molar-refractivity contribution in [3.05, 3.63) is 30.1 Å². The summed E-state index contributed by atoms with van der Waals surface area (Å²) in [5.74, 6) is -0.251. The van der Waals surface area contributed by atoms with Crippen LogP contribution in [0.1, 0.15) is 25.7 Å². The fourth-order valence-corrected chi connectivity index (χ4v) is 3.74. The van der Waals surface area contributed by atoms with E-state index in [1.54, 1.807) is 17.0 Å². The van der Waals surface area contributed by atoms with Gasteiger partial charge in [0.25, 0.3) is 5.91 Å². The van der Waals surface area contributed by atoms with Crippen LogP contribution >= 0.6 is 0 Å². The Morgan fingerprint density at radius 1 is 1.22 bits per heavy atom. The van der Waals surface area contributed by atoms with Gasteiger partial charge in [-0.3, -0.25) is 9.59 Å². The van der Waals surface area contributed by atoms with Crippen LogP contribution in [-0.2, 0) is 14.3 Å². The van der Waals surface area contributed by atoms with Gasteiger partial charge in [-0.1, -0.05) is 0 Å². The molecule has 0 aromatic heterocycles. The lowest BCUT2D eigenvalue weighted by molar-refractivity contribution is -0.150. The number of piperidine rings is 1. The van der Waals surface area contributed by atoms with Gasteiger partial charge < -0.3 is 19.4 Å². The fraction of sp³-hybridized carbons (Fsp3) is 0.600. The second-order valence-electron chi connectivity index (χ2n) is 7.72. The molecule has 0 radical (unpaired) electrons. The molecule has 0 aliphatic carbocycles. The second kappa shape index (κ2) is 8.35. The van der Waals surface area contributed by atoms with Crippen molar-refractivity contribution < 1.29 is 18.7 Å². The fourth-order valence-electron chi connectivity index (χ4n) is 3.74. The standard InChI is InChI=1S/C20H28FN3O3/c1-22(2)11-3-4-18(25)23-12-9-20(10-13-23)15-24(19(26)14-27-20)17-7-5-16(21)6-8-17/h5-8H,3-4,9-15H2,1-2H3. The van der Waals surface area contributed by atoms with Crippen molar-refractivity contribution in [1.29, 1.82) is 0 Å². The molecule has 2 aliphatic heterocycles. The highest BCUT2D eigenvalue weighted by Crippen LogP contribution is 2.33. The summed E-state index contributed by atoms with van der Waals surface area (Å²) in [5, 5.41) is 0. The van der Waals surface area contributed by atoms with Gasteiger partial charge in [0.05, 0.1) is 12.1 Å². The van der Waals surface area contributed by atoms with Crippen LogP contribution in [0.4, 0.5) is 10.1 Å². The van der Waals surface area contributed by atoms with E-state index in [-0.39, 0.29) is 24.2 Å². The lowest BCUT2D eigenvalue weighted by Gasteiger charge is -2.47. The van der Waals surface area contributed by atoms with E-state index in [0.29, 0.717) is 44.6 Å². The molecule has 27 heavy (non-hydrogen) atoms. The van der Waals surface area contributed by atoms with Crippen molar-refractivity contribution in [3.8, 4) is 0 Å². The van der Waals surface area contributed by atoms with E-state index in [9.17, 15) is 14.0 Å². The Morgan fingerprint density at radius 2 is 1.89 bits per heavy atom. The molecular weight excluding hydrogens is 349 g/mol. The Kier molecular flexibility index (Phi) is 6.11. The zero-order valence-corrected chi connectivity index (χ0v) is 16.1. The van der Waals surface area contributed by atoms with E-state index in [4.69, 9.17) is 4.74 Å². The average molecular weight is 377 g/mol.